The largest absolute Gasteiger partial charge is 0.481 e. The standard InChI is InChI=1S/C30H29NO5/c1-18-13-23(31(21-9-5-3-6-10-21)22-11-7-4-8-12-22)14-19(2)27(18)34-17-26(32)35-28-20-15-24-25(16-20)30(33)36-29(24)28/h3-14,20,24-25,28-29H,15-17H2,1-2H3. The summed E-state index contributed by atoms with van der Waals surface area (Å²) in [6.07, 6.45) is 1.04. The van der Waals surface area contributed by atoms with Crippen molar-refractivity contribution in [2.24, 2.45) is 17.8 Å². The maximum atomic E-state index is 12.7. The lowest BCUT2D eigenvalue weighted by Gasteiger charge is -2.27. The second kappa shape index (κ2) is 9.01. The number of hydrogen-bond acceptors (Lipinski definition) is 6. The monoisotopic (exact) mass is 483 g/mol. The summed E-state index contributed by atoms with van der Waals surface area (Å²) in [5.74, 6) is 0.540. The molecular formula is C30H29NO5. The predicted octanol–water partition coefficient (Wildman–Crippen LogP) is 5.65. The van der Waals surface area contributed by atoms with Crippen molar-refractivity contribution >= 4 is 29.0 Å². The molecule has 6 rings (SSSR count). The van der Waals surface area contributed by atoms with E-state index in [1.165, 1.54) is 0 Å². The Balaban J connectivity index is 1.18. The molecule has 2 saturated carbocycles. The second-order valence-electron chi connectivity index (χ2n) is 10.1. The molecule has 3 aromatic rings. The summed E-state index contributed by atoms with van der Waals surface area (Å²) in [6.45, 7) is 3.79. The summed E-state index contributed by atoms with van der Waals surface area (Å²) in [6, 6.07) is 24.6. The van der Waals surface area contributed by atoms with Crippen molar-refractivity contribution in [2.75, 3.05) is 11.5 Å². The van der Waals surface area contributed by atoms with Gasteiger partial charge in [-0.15, -0.1) is 0 Å². The molecule has 5 unspecified atom stereocenters. The fourth-order valence-electron chi connectivity index (χ4n) is 6.27. The van der Waals surface area contributed by atoms with Crippen LogP contribution in [0.1, 0.15) is 24.0 Å². The number of esters is 2. The van der Waals surface area contributed by atoms with E-state index in [0.29, 0.717) is 5.75 Å². The van der Waals surface area contributed by atoms with Crippen LogP contribution in [0.4, 0.5) is 17.1 Å². The van der Waals surface area contributed by atoms with Crippen LogP contribution in [0.25, 0.3) is 0 Å². The minimum Gasteiger partial charge on any atom is -0.481 e. The van der Waals surface area contributed by atoms with Crippen molar-refractivity contribution in [2.45, 2.75) is 38.9 Å². The quantitative estimate of drug-likeness (QED) is 0.405. The number of anilines is 3. The van der Waals surface area contributed by atoms with Gasteiger partial charge < -0.3 is 19.1 Å². The molecule has 36 heavy (non-hydrogen) atoms. The molecule has 6 heteroatoms. The lowest BCUT2D eigenvalue weighted by molar-refractivity contribution is -0.163. The molecule has 1 saturated heterocycles. The van der Waals surface area contributed by atoms with Crippen LogP contribution in [0.2, 0.25) is 0 Å². The molecule has 0 radical (unpaired) electrons. The number of hydrogen-bond donors (Lipinski definition) is 0. The van der Waals surface area contributed by atoms with Gasteiger partial charge in [0.15, 0.2) is 6.61 Å². The molecule has 3 aromatic carbocycles. The van der Waals surface area contributed by atoms with E-state index >= 15 is 0 Å². The Kier molecular flexibility index (Phi) is 5.67. The van der Waals surface area contributed by atoms with E-state index < -0.39 is 5.97 Å². The van der Waals surface area contributed by atoms with Crippen molar-refractivity contribution in [3.63, 3.8) is 0 Å². The van der Waals surface area contributed by atoms with Gasteiger partial charge in [0.2, 0.25) is 0 Å². The third-order valence-electron chi connectivity index (χ3n) is 7.75. The molecule has 1 heterocycles. The maximum Gasteiger partial charge on any atom is 0.344 e. The van der Waals surface area contributed by atoms with E-state index in [1.807, 2.05) is 50.2 Å². The molecular weight excluding hydrogens is 454 g/mol. The van der Waals surface area contributed by atoms with Gasteiger partial charge in [0.25, 0.3) is 0 Å². The topological polar surface area (TPSA) is 65.1 Å². The van der Waals surface area contributed by atoms with E-state index in [9.17, 15) is 9.59 Å². The smallest absolute Gasteiger partial charge is 0.344 e. The molecule has 2 aliphatic carbocycles. The molecule has 0 spiro atoms. The van der Waals surface area contributed by atoms with Gasteiger partial charge in [-0.2, -0.15) is 0 Å². The molecule has 3 fully saturated rings. The van der Waals surface area contributed by atoms with E-state index in [0.717, 1.165) is 41.0 Å². The number of ether oxygens (including phenoxy) is 3. The van der Waals surface area contributed by atoms with E-state index in [2.05, 4.69) is 41.3 Å². The van der Waals surface area contributed by atoms with Crippen molar-refractivity contribution in [1.29, 1.82) is 0 Å². The van der Waals surface area contributed by atoms with Crippen LogP contribution in [-0.2, 0) is 19.1 Å². The lowest BCUT2D eigenvalue weighted by atomic mass is 9.88. The molecule has 0 aromatic heterocycles. The highest BCUT2D eigenvalue weighted by atomic mass is 16.6. The number of fused-ring (bicyclic) bond motifs is 1. The van der Waals surface area contributed by atoms with Crippen molar-refractivity contribution < 1.29 is 23.8 Å². The average Bonchev–Trinajstić information content (AvgIpc) is 3.51. The van der Waals surface area contributed by atoms with Crippen LogP contribution < -0.4 is 9.64 Å². The summed E-state index contributed by atoms with van der Waals surface area (Å²) in [5, 5.41) is 0. The number of nitrogens with zero attached hydrogens (tertiary/aromatic N) is 1. The minimum absolute atomic E-state index is 0.00125. The van der Waals surface area contributed by atoms with Gasteiger partial charge in [0.1, 0.15) is 18.0 Å². The Bertz CT molecular complexity index is 1230. The Morgan fingerprint density at radius 2 is 1.53 bits per heavy atom. The van der Waals surface area contributed by atoms with Crippen LogP contribution in [-0.4, -0.2) is 30.8 Å². The summed E-state index contributed by atoms with van der Waals surface area (Å²) < 4.78 is 17.2. The number of benzene rings is 3. The SMILES string of the molecule is Cc1cc(N(c2ccccc2)c2ccccc2)cc(C)c1OCC(=O)OC1C2CC3C(=O)OC1C3C2. The first-order valence-electron chi connectivity index (χ1n) is 12.5. The highest BCUT2D eigenvalue weighted by Gasteiger charge is 2.63. The van der Waals surface area contributed by atoms with Gasteiger partial charge in [0, 0.05) is 28.9 Å². The molecule has 1 aliphatic heterocycles. The number of aryl methyl sites for hydroxylation is 2. The van der Waals surface area contributed by atoms with Crippen molar-refractivity contribution in [3.8, 4) is 5.75 Å². The first-order chi connectivity index (χ1) is 17.5. The van der Waals surface area contributed by atoms with Crippen LogP contribution in [0.3, 0.4) is 0 Å². The van der Waals surface area contributed by atoms with E-state index in [4.69, 9.17) is 14.2 Å². The maximum absolute atomic E-state index is 12.7. The number of rotatable bonds is 7. The van der Waals surface area contributed by atoms with Crippen LogP contribution in [0.15, 0.2) is 72.8 Å². The van der Waals surface area contributed by atoms with E-state index in [-0.39, 0.29) is 42.5 Å². The molecule has 5 atom stereocenters. The van der Waals surface area contributed by atoms with Crippen molar-refractivity contribution in [1.82, 2.24) is 0 Å². The van der Waals surface area contributed by atoms with Gasteiger partial charge in [-0.3, -0.25) is 4.79 Å². The Labute approximate surface area is 210 Å². The highest BCUT2D eigenvalue weighted by molar-refractivity contribution is 5.79. The number of carbonyl (C=O) groups is 2. The molecule has 2 bridgehead atoms. The normalized spacial score (nSPS) is 25.5. The van der Waals surface area contributed by atoms with Gasteiger partial charge in [-0.1, -0.05) is 36.4 Å². The Morgan fingerprint density at radius 3 is 2.14 bits per heavy atom. The molecule has 3 aliphatic rings. The molecule has 184 valence electrons. The highest BCUT2D eigenvalue weighted by Crippen LogP contribution is 2.55. The fourth-order valence-corrected chi connectivity index (χ4v) is 6.27. The van der Waals surface area contributed by atoms with Crippen LogP contribution in [0, 0.1) is 31.6 Å². The second-order valence-corrected chi connectivity index (χ2v) is 10.1. The molecule has 0 amide bonds. The Morgan fingerprint density at radius 1 is 0.917 bits per heavy atom. The first kappa shape index (κ1) is 22.7. The summed E-state index contributed by atoms with van der Waals surface area (Å²) >= 11 is 0. The van der Waals surface area contributed by atoms with Gasteiger partial charge in [-0.05, 0) is 74.2 Å². The van der Waals surface area contributed by atoms with E-state index in [1.54, 1.807) is 0 Å². The predicted molar refractivity (Wildman–Crippen MR) is 136 cm³/mol. The summed E-state index contributed by atoms with van der Waals surface area (Å²) in [4.78, 5) is 26.9. The Hall–Kier alpha value is -3.80. The molecule has 6 nitrogen and oxygen atoms in total. The van der Waals surface area contributed by atoms with Gasteiger partial charge >= 0.3 is 11.9 Å². The van der Waals surface area contributed by atoms with Crippen LogP contribution >= 0.6 is 0 Å². The number of carbonyl (C=O) groups excluding carboxylic acids is 2. The molecule has 0 N–H and O–H groups in total. The first-order valence-corrected chi connectivity index (χ1v) is 12.5. The van der Waals surface area contributed by atoms with Gasteiger partial charge in [0.05, 0.1) is 5.92 Å². The lowest BCUT2D eigenvalue weighted by Crippen LogP contribution is -2.37. The van der Waals surface area contributed by atoms with Gasteiger partial charge in [-0.25, -0.2) is 4.79 Å². The number of para-hydroxylation sites is 2. The third-order valence-corrected chi connectivity index (χ3v) is 7.75. The summed E-state index contributed by atoms with van der Waals surface area (Å²) in [5.41, 5.74) is 4.99. The average molecular weight is 484 g/mol. The third kappa shape index (κ3) is 3.91. The zero-order valence-electron chi connectivity index (χ0n) is 20.4. The van der Waals surface area contributed by atoms with Crippen molar-refractivity contribution in [3.05, 3.63) is 83.9 Å². The zero-order valence-corrected chi connectivity index (χ0v) is 20.4. The fraction of sp³-hybridized carbons (Fsp3) is 0.333. The summed E-state index contributed by atoms with van der Waals surface area (Å²) in [7, 11) is 0. The minimum atomic E-state index is -0.426. The van der Waals surface area contributed by atoms with Crippen LogP contribution in [0.5, 0.6) is 5.75 Å². The zero-order chi connectivity index (χ0) is 24.8.